The largest absolute Gasteiger partial charge is 0.485 e. The van der Waals surface area contributed by atoms with Crippen molar-refractivity contribution in [2.75, 3.05) is 26.3 Å². The van der Waals surface area contributed by atoms with Crippen LogP contribution in [0.2, 0.25) is 0 Å². The van der Waals surface area contributed by atoms with Crippen LogP contribution in [-0.2, 0) is 20.7 Å². The zero-order chi connectivity index (χ0) is 20.3. The quantitative estimate of drug-likeness (QED) is 0.629. The highest BCUT2D eigenvalue weighted by molar-refractivity contribution is 7.07. The maximum atomic E-state index is 12.6. The number of pyridine rings is 1. The highest BCUT2D eigenvalue weighted by Crippen LogP contribution is 2.27. The van der Waals surface area contributed by atoms with Gasteiger partial charge in [0, 0.05) is 42.7 Å². The van der Waals surface area contributed by atoms with E-state index in [0.717, 1.165) is 22.9 Å². The first kappa shape index (κ1) is 19.5. The summed E-state index contributed by atoms with van der Waals surface area (Å²) >= 11 is 1.66. The number of thiophene rings is 1. The normalized spacial score (nSPS) is 22.1. The molecule has 3 aromatic rings. The van der Waals surface area contributed by atoms with Gasteiger partial charge in [0.05, 0.1) is 13.2 Å². The maximum Gasteiger partial charge on any atom is 0.223 e. The first-order chi connectivity index (χ1) is 14.8. The summed E-state index contributed by atoms with van der Waals surface area (Å²) < 4.78 is 18.4. The molecule has 0 spiro atoms. The Morgan fingerprint density at radius 3 is 2.77 bits per heavy atom. The van der Waals surface area contributed by atoms with E-state index in [0.29, 0.717) is 32.7 Å². The molecule has 0 saturated carbocycles. The molecule has 156 valence electrons. The number of carbonyl (C=O) groups is 1. The lowest BCUT2D eigenvalue weighted by Gasteiger charge is -2.20. The molecular formula is C23H24N2O4S. The molecule has 2 aromatic heterocycles. The molecule has 2 fully saturated rings. The molecule has 4 heterocycles. The molecule has 30 heavy (non-hydrogen) atoms. The van der Waals surface area contributed by atoms with E-state index < -0.39 is 0 Å². The van der Waals surface area contributed by atoms with Gasteiger partial charge < -0.3 is 19.1 Å². The summed E-state index contributed by atoms with van der Waals surface area (Å²) in [5, 5.41) is 6.21. The van der Waals surface area contributed by atoms with Crippen molar-refractivity contribution in [2.24, 2.45) is 0 Å². The van der Waals surface area contributed by atoms with Crippen LogP contribution in [-0.4, -0.2) is 60.4 Å². The van der Waals surface area contributed by atoms with Gasteiger partial charge in [-0.2, -0.15) is 11.3 Å². The second kappa shape index (κ2) is 8.71. The lowest BCUT2D eigenvalue weighted by molar-refractivity contribution is -0.131. The van der Waals surface area contributed by atoms with Gasteiger partial charge in [-0.3, -0.25) is 9.78 Å². The third-order valence-corrected chi connectivity index (χ3v) is 6.43. The summed E-state index contributed by atoms with van der Waals surface area (Å²) in [6.45, 7) is 2.05. The minimum Gasteiger partial charge on any atom is -0.485 e. The fraction of sp³-hybridized carbons (Fsp3) is 0.391. The molecule has 0 N–H and O–H groups in total. The van der Waals surface area contributed by atoms with Crippen molar-refractivity contribution in [3.8, 4) is 5.75 Å². The summed E-state index contributed by atoms with van der Waals surface area (Å²) in [6, 6.07) is 9.97. The Bertz CT molecular complexity index is 988. The summed E-state index contributed by atoms with van der Waals surface area (Å²) in [7, 11) is 0. The summed E-state index contributed by atoms with van der Waals surface area (Å²) in [4.78, 5) is 18.6. The fourth-order valence-corrected chi connectivity index (χ4v) is 4.77. The van der Waals surface area contributed by atoms with Crippen LogP contribution in [0.4, 0.5) is 0 Å². The number of aryl methyl sites for hydroxylation is 1. The maximum absolute atomic E-state index is 12.6. The van der Waals surface area contributed by atoms with E-state index in [2.05, 4.69) is 16.4 Å². The van der Waals surface area contributed by atoms with Gasteiger partial charge in [-0.25, -0.2) is 0 Å². The molecule has 2 aliphatic rings. The molecule has 0 radical (unpaired) electrons. The SMILES string of the molecule is O=C(CCc1ccsc1)N1C[C@@H]2OCC(Oc3cccc4cnccc34)CO[C@H]2C1. The molecule has 1 amide bonds. The predicted octanol–water partition coefficient (Wildman–Crippen LogP) is 3.30. The van der Waals surface area contributed by atoms with E-state index >= 15 is 0 Å². The molecule has 0 bridgehead atoms. The number of rotatable bonds is 5. The third kappa shape index (κ3) is 4.19. The minimum absolute atomic E-state index is 0.0968. The van der Waals surface area contributed by atoms with Gasteiger partial charge in [0.2, 0.25) is 5.91 Å². The molecular weight excluding hydrogens is 400 g/mol. The topological polar surface area (TPSA) is 60.9 Å². The van der Waals surface area contributed by atoms with Gasteiger partial charge in [0.1, 0.15) is 24.1 Å². The van der Waals surface area contributed by atoms with E-state index in [9.17, 15) is 4.79 Å². The fourth-order valence-electron chi connectivity index (χ4n) is 4.07. The van der Waals surface area contributed by atoms with Crippen LogP contribution in [0.1, 0.15) is 12.0 Å². The smallest absolute Gasteiger partial charge is 0.223 e. The van der Waals surface area contributed by atoms with Gasteiger partial charge in [-0.05, 0) is 40.9 Å². The molecule has 5 rings (SSSR count). The van der Waals surface area contributed by atoms with E-state index in [1.165, 1.54) is 5.56 Å². The number of carbonyl (C=O) groups excluding carboxylic acids is 1. The lowest BCUT2D eigenvalue weighted by atomic mass is 10.1. The zero-order valence-corrected chi connectivity index (χ0v) is 17.4. The monoisotopic (exact) mass is 424 g/mol. The molecule has 2 aliphatic heterocycles. The van der Waals surface area contributed by atoms with Gasteiger partial charge in [0.25, 0.3) is 0 Å². The van der Waals surface area contributed by atoms with Gasteiger partial charge in [0.15, 0.2) is 0 Å². The number of benzene rings is 1. The molecule has 2 saturated heterocycles. The molecule has 0 unspecified atom stereocenters. The Kier molecular flexibility index (Phi) is 5.66. The number of nitrogens with zero attached hydrogens (tertiary/aromatic N) is 2. The van der Waals surface area contributed by atoms with Crippen molar-refractivity contribution in [1.82, 2.24) is 9.88 Å². The van der Waals surface area contributed by atoms with Crippen LogP contribution in [0.5, 0.6) is 5.75 Å². The number of fused-ring (bicyclic) bond motifs is 2. The average molecular weight is 425 g/mol. The Morgan fingerprint density at radius 2 is 2.00 bits per heavy atom. The second-order valence-electron chi connectivity index (χ2n) is 7.77. The van der Waals surface area contributed by atoms with E-state index in [-0.39, 0.29) is 24.2 Å². The van der Waals surface area contributed by atoms with E-state index in [1.807, 2.05) is 40.7 Å². The summed E-state index contributed by atoms with van der Waals surface area (Å²) in [6.07, 6.45) is 4.53. The Balaban J connectivity index is 1.16. The predicted molar refractivity (Wildman–Crippen MR) is 115 cm³/mol. The molecule has 6 nitrogen and oxygen atoms in total. The van der Waals surface area contributed by atoms with Gasteiger partial charge >= 0.3 is 0 Å². The Labute approximate surface area is 179 Å². The van der Waals surface area contributed by atoms with Crippen molar-refractivity contribution in [1.29, 1.82) is 0 Å². The first-order valence-corrected chi connectivity index (χ1v) is 11.2. The minimum atomic E-state index is -0.183. The van der Waals surface area contributed by atoms with E-state index in [1.54, 1.807) is 17.5 Å². The summed E-state index contributed by atoms with van der Waals surface area (Å²) in [5.74, 6) is 0.975. The van der Waals surface area contributed by atoms with E-state index in [4.69, 9.17) is 14.2 Å². The molecule has 7 heteroatoms. The van der Waals surface area contributed by atoms with Crippen molar-refractivity contribution in [3.63, 3.8) is 0 Å². The van der Waals surface area contributed by atoms with Crippen LogP contribution >= 0.6 is 11.3 Å². The van der Waals surface area contributed by atoms with Crippen LogP contribution < -0.4 is 4.74 Å². The van der Waals surface area contributed by atoms with Crippen LogP contribution in [0.15, 0.2) is 53.5 Å². The second-order valence-corrected chi connectivity index (χ2v) is 8.55. The highest BCUT2D eigenvalue weighted by atomic mass is 32.1. The number of likely N-dealkylation sites (tertiary alicyclic amines) is 1. The zero-order valence-electron chi connectivity index (χ0n) is 16.6. The molecule has 2 atom stereocenters. The Morgan fingerprint density at radius 1 is 1.17 bits per heavy atom. The van der Waals surface area contributed by atoms with Crippen molar-refractivity contribution in [3.05, 3.63) is 59.0 Å². The number of amides is 1. The van der Waals surface area contributed by atoms with Crippen molar-refractivity contribution in [2.45, 2.75) is 31.2 Å². The number of hydrogen-bond donors (Lipinski definition) is 0. The summed E-state index contributed by atoms with van der Waals surface area (Å²) in [5.41, 5.74) is 1.22. The Hall–Kier alpha value is -2.48. The average Bonchev–Trinajstić information content (AvgIpc) is 3.40. The third-order valence-electron chi connectivity index (χ3n) is 5.70. The van der Waals surface area contributed by atoms with Crippen LogP contribution in [0.3, 0.4) is 0 Å². The van der Waals surface area contributed by atoms with Crippen molar-refractivity contribution >= 4 is 28.0 Å². The van der Waals surface area contributed by atoms with Crippen molar-refractivity contribution < 1.29 is 19.0 Å². The molecule has 1 aromatic carbocycles. The number of aromatic nitrogens is 1. The number of hydrogen-bond acceptors (Lipinski definition) is 6. The van der Waals surface area contributed by atoms with Crippen LogP contribution in [0.25, 0.3) is 10.8 Å². The lowest BCUT2D eigenvalue weighted by Crippen LogP contribution is -2.33. The standard InChI is InChI=1S/C23H24N2O4S/c26-23(5-4-16-7-9-30-15-16)25-11-21-22(12-25)28-14-18(13-27-21)29-20-3-1-2-17-10-24-8-6-19(17)20/h1-3,6-10,15,18,21-22H,4-5,11-14H2/t21-,22-/m0/s1. The number of ether oxygens (including phenoxy) is 3. The highest BCUT2D eigenvalue weighted by Gasteiger charge is 2.39. The molecule has 0 aliphatic carbocycles. The first-order valence-electron chi connectivity index (χ1n) is 10.3. The van der Waals surface area contributed by atoms with Gasteiger partial charge in [-0.1, -0.05) is 12.1 Å². The van der Waals surface area contributed by atoms with Crippen LogP contribution in [0, 0.1) is 0 Å². The van der Waals surface area contributed by atoms with Gasteiger partial charge in [-0.15, -0.1) is 0 Å².